The summed E-state index contributed by atoms with van der Waals surface area (Å²) in [6.07, 6.45) is 1.75. The molecule has 0 saturated carbocycles. The Hall–Kier alpha value is -3.81. The molecule has 0 radical (unpaired) electrons. The van der Waals surface area contributed by atoms with Crippen LogP contribution in [0.15, 0.2) is 78.9 Å². The average Bonchev–Trinajstić information content (AvgIpc) is 2.82. The molecule has 0 atom stereocenters. The van der Waals surface area contributed by atoms with Crippen LogP contribution in [0.3, 0.4) is 0 Å². The van der Waals surface area contributed by atoms with Gasteiger partial charge >= 0.3 is 0 Å². The lowest BCUT2D eigenvalue weighted by atomic mass is 10.00. The summed E-state index contributed by atoms with van der Waals surface area (Å²) in [5.41, 5.74) is 2.41. The summed E-state index contributed by atoms with van der Waals surface area (Å²) in [4.78, 5) is 0. The Morgan fingerprint density at radius 2 is 1.75 bits per heavy atom. The van der Waals surface area contributed by atoms with Gasteiger partial charge in [0.2, 0.25) is 0 Å². The molecule has 0 unspecified atom stereocenters. The highest BCUT2D eigenvalue weighted by molar-refractivity contribution is 6.32. The molecule has 32 heavy (non-hydrogen) atoms. The van der Waals surface area contributed by atoms with E-state index in [-0.39, 0.29) is 12.4 Å². The molecule has 0 N–H and O–H groups in total. The van der Waals surface area contributed by atoms with Crippen LogP contribution in [0.4, 0.5) is 4.39 Å². The molecular formula is C27H19ClFNO2. The van der Waals surface area contributed by atoms with Crippen LogP contribution in [0.1, 0.15) is 16.7 Å². The molecule has 5 heteroatoms. The largest absolute Gasteiger partial charge is 0.493 e. The molecule has 4 rings (SSSR count). The third-order valence-corrected chi connectivity index (χ3v) is 5.35. The van der Waals surface area contributed by atoms with Crippen LogP contribution in [0.25, 0.3) is 22.4 Å². The van der Waals surface area contributed by atoms with Crippen LogP contribution < -0.4 is 9.47 Å². The molecule has 0 aliphatic carbocycles. The minimum absolute atomic E-state index is 0.0124. The van der Waals surface area contributed by atoms with E-state index in [2.05, 4.69) is 6.07 Å². The minimum Gasteiger partial charge on any atom is -0.493 e. The Morgan fingerprint density at radius 1 is 1.00 bits per heavy atom. The molecule has 0 heterocycles. The summed E-state index contributed by atoms with van der Waals surface area (Å²) in [5.74, 6) is 0.367. The first-order valence-corrected chi connectivity index (χ1v) is 10.3. The number of nitriles is 1. The van der Waals surface area contributed by atoms with E-state index in [4.69, 9.17) is 21.1 Å². The predicted octanol–water partition coefficient (Wildman–Crippen LogP) is 7.28. The fourth-order valence-corrected chi connectivity index (χ4v) is 3.71. The third-order valence-electron chi connectivity index (χ3n) is 5.07. The molecule has 0 aromatic heterocycles. The van der Waals surface area contributed by atoms with E-state index < -0.39 is 0 Å². The zero-order chi connectivity index (χ0) is 22.5. The van der Waals surface area contributed by atoms with Crippen LogP contribution in [0, 0.1) is 17.1 Å². The second-order valence-electron chi connectivity index (χ2n) is 7.15. The maximum Gasteiger partial charge on any atom is 0.180 e. The number of hydrogen-bond acceptors (Lipinski definition) is 3. The smallest absolute Gasteiger partial charge is 0.180 e. The highest BCUT2D eigenvalue weighted by Gasteiger charge is 2.14. The summed E-state index contributed by atoms with van der Waals surface area (Å²) >= 11 is 6.46. The summed E-state index contributed by atoms with van der Waals surface area (Å²) in [6.45, 7) is 0.0124. The number of fused-ring (bicyclic) bond motifs is 1. The van der Waals surface area contributed by atoms with E-state index in [1.54, 1.807) is 36.4 Å². The van der Waals surface area contributed by atoms with Crippen LogP contribution in [-0.4, -0.2) is 7.11 Å². The van der Waals surface area contributed by atoms with Gasteiger partial charge in [0.05, 0.1) is 23.8 Å². The fourth-order valence-electron chi connectivity index (χ4n) is 3.43. The topological polar surface area (TPSA) is 42.2 Å². The summed E-state index contributed by atoms with van der Waals surface area (Å²) in [5, 5.41) is 12.2. The Bertz CT molecular complexity index is 1360. The van der Waals surface area contributed by atoms with Crippen LogP contribution in [0.2, 0.25) is 5.02 Å². The van der Waals surface area contributed by atoms with E-state index in [9.17, 15) is 9.65 Å². The Morgan fingerprint density at radius 3 is 2.50 bits per heavy atom. The van der Waals surface area contributed by atoms with Gasteiger partial charge in [-0.05, 0) is 52.2 Å². The van der Waals surface area contributed by atoms with Crippen LogP contribution in [0.5, 0.6) is 11.5 Å². The van der Waals surface area contributed by atoms with E-state index in [1.165, 1.54) is 13.2 Å². The van der Waals surface area contributed by atoms with Gasteiger partial charge in [0.15, 0.2) is 11.5 Å². The molecule has 0 aliphatic heterocycles. The number of benzene rings is 4. The van der Waals surface area contributed by atoms with Crippen molar-refractivity contribution in [2.24, 2.45) is 0 Å². The van der Waals surface area contributed by atoms with Crippen molar-refractivity contribution in [1.82, 2.24) is 0 Å². The SMILES string of the molecule is COc1cc(C=C(C#N)c2ccc3ccccc3c2)cc(Cl)c1OCc1ccccc1F. The van der Waals surface area contributed by atoms with Crippen molar-refractivity contribution >= 4 is 34.0 Å². The molecule has 0 aliphatic rings. The molecule has 3 nitrogen and oxygen atoms in total. The molecule has 0 spiro atoms. The number of nitrogens with zero attached hydrogens (tertiary/aromatic N) is 1. The van der Waals surface area contributed by atoms with Gasteiger partial charge in [0.25, 0.3) is 0 Å². The molecule has 4 aromatic rings. The van der Waals surface area contributed by atoms with Crippen LogP contribution >= 0.6 is 11.6 Å². The van der Waals surface area contributed by atoms with Gasteiger partial charge in [-0.25, -0.2) is 4.39 Å². The summed E-state index contributed by atoms with van der Waals surface area (Å²) in [7, 11) is 1.50. The van der Waals surface area contributed by atoms with Crippen molar-refractivity contribution in [2.45, 2.75) is 6.61 Å². The third kappa shape index (κ3) is 4.59. The molecule has 0 saturated heterocycles. The predicted molar refractivity (Wildman–Crippen MR) is 126 cm³/mol. The van der Waals surface area contributed by atoms with E-state index >= 15 is 0 Å². The Kier molecular flexibility index (Phi) is 6.39. The van der Waals surface area contributed by atoms with Gasteiger partial charge in [-0.1, -0.05) is 66.2 Å². The number of halogens is 2. The number of hydrogen-bond donors (Lipinski definition) is 0. The number of allylic oxidation sites excluding steroid dienone is 1. The standard InChI is InChI=1S/C27H19ClFNO2/c1-31-26-14-18(13-24(28)27(26)32-17-22-8-4-5-9-25(22)29)12-23(16-30)21-11-10-19-6-2-3-7-20(19)15-21/h2-15H,17H2,1H3. The van der Waals surface area contributed by atoms with Crippen molar-refractivity contribution in [3.63, 3.8) is 0 Å². The molecule has 0 fully saturated rings. The van der Waals surface area contributed by atoms with Gasteiger partial charge in [0, 0.05) is 5.56 Å². The van der Waals surface area contributed by atoms with Gasteiger partial charge in [-0.15, -0.1) is 0 Å². The summed E-state index contributed by atoms with van der Waals surface area (Å²) < 4.78 is 25.1. The lowest BCUT2D eigenvalue weighted by Gasteiger charge is -2.14. The first-order chi connectivity index (χ1) is 15.6. The first kappa shape index (κ1) is 21.4. The average molecular weight is 444 g/mol. The van der Waals surface area contributed by atoms with Gasteiger partial charge in [-0.2, -0.15) is 5.26 Å². The lowest BCUT2D eigenvalue weighted by molar-refractivity contribution is 0.280. The van der Waals surface area contributed by atoms with Gasteiger partial charge in [0.1, 0.15) is 12.4 Å². The number of methoxy groups -OCH3 is 1. The monoisotopic (exact) mass is 443 g/mol. The van der Waals surface area contributed by atoms with Crippen molar-refractivity contribution in [1.29, 1.82) is 5.26 Å². The van der Waals surface area contributed by atoms with Crippen molar-refractivity contribution in [3.05, 3.63) is 106 Å². The van der Waals surface area contributed by atoms with E-state index in [0.717, 1.165) is 16.3 Å². The quantitative estimate of drug-likeness (QED) is 0.232. The molecule has 4 aromatic carbocycles. The maximum atomic E-state index is 13.9. The highest BCUT2D eigenvalue weighted by atomic mass is 35.5. The molecule has 0 bridgehead atoms. The van der Waals surface area contributed by atoms with E-state index in [0.29, 0.717) is 33.2 Å². The lowest BCUT2D eigenvalue weighted by Crippen LogP contribution is -2.01. The highest BCUT2D eigenvalue weighted by Crippen LogP contribution is 2.38. The van der Waals surface area contributed by atoms with Gasteiger partial charge in [-0.3, -0.25) is 0 Å². The van der Waals surface area contributed by atoms with Crippen molar-refractivity contribution in [2.75, 3.05) is 7.11 Å². The Balaban J connectivity index is 1.65. The number of ether oxygens (including phenoxy) is 2. The van der Waals surface area contributed by atoms with E-state index in [1.807, 2.05) is 42.5 Å². The summed E-state index contributed by atoms with van der Waals surface area (Å²) in [6, 6.07) is 25.9. The zero-order valence-electron chi connectivity index (χ0n) is 17.3. The van der Waals surface area contributed by atoms with Crippen molar-refractivity contribution in [3.8, 4) is 17.6 Å². The molecular weight excluding hydrogens is 425 g/mol. The zero-order valence-corrected chi connectivity index (χ0v) is 18.1. The second kappa shape index (κ2) is 9.55. The van der Waals surface area contributed by atoms with Gasteiger partial charge < -0.3 is 9.47 Å². The molecule has 0 amide bonds. The second-order valence-corrected chi connectivity index (χ2v) is 7.55. The number of rotatable bonds is 6. The van der Waals surface area contributed by atoms with Crippen molar-refractivity contribution < 1.29 is 13.9 Å². The fraction of sp³-hybridized carbons (Fsp3) is 0.0741. The minimum atomic E-state index is -0.351. The molecule has 158 valence electrons. The normalized spacial score (nSPS) is 11.2. The van der Waals surface area contributed by atoms with Crippen LogP contribution in [-0.2, 0) is 6.61 Å². The maximum absolute atomic E-state index is 13.9. The Labute approximate surface area is 190 Å². The first-order valence-electron chi connectivity index (χ1n) is 9.94.